The van der Waals surface area contributed by atoms with Crippen LogP contribution in [-0.4, -0.2) is 37.0 Å². The maximum Gasteiger partial charge on any atom is 0.0959 e. The zero-order valence-electron chi connectivity index (χ0n) is 10.5. The molecule has 0 aliphatic rings. The highest BCUT2D eigenvalue weighted by Gasteiger charge is 2.06. The molecule has 0 aromatic rings. The predicted molar refractivity (Wildman–Crippen MR) is 64.1 cm³/mol. The lowest BCUT2D eigenvalue weighted by Crippen LogP contribution is -2.31. The van der Waals surface area contributed by atoms with Gasteiger partial charge in [-0.1, -0.05) is 27.4 Å². The van der Waals surface area contributed by atoms with Gasteiger partial charge in [0, 0.05) is 27.2 Å². The summed E-state index contributed by atoms with van der Waals surface area (Å²) in [4.78, 5) is 4.47. The van der Waals surface area contributed by atoms with E-state index in [4.69, 9.17) is 0 Å². The van der Waals surface area contributed by atoms with Crippen molar-refractivity contribution in [2.75, 3.05) is 27.2 Å². The Labute approximate surface area is 89.6 Å². The molecule has 0 rings (SSSR count). The van der Waals surface area contributed by atoms with Crippen molar-refractivity contribution >= 4 is 0 Å². The summed E-state index contributed by atoms with van der Waals surface area (Å²) in [6.07, 6.45) is 2.41. The van der Waals surface area contributed by atoms with Crippen LogP contribution in [0, 0.1) is 5.92 Å². The van der Waals surface area contributed by atoms with Crippen molar-refractivity contribution in [2.24, 2.45) is 5.92 Å². The molecule has 84 valence electrons. The number of hydrogen-bond acceptors (Lipinski definition) is 2. The van der Waals surface area contributed by atoms with Gasteiger partial charge < -0.3 is 9.80 Å². The Morgan fingerprint density at radius 1 is 1.14 bits per heavy atom. The molecule has 0 heterocycles. The zero-order valence-corrected chi connectivity index (χ0v) is 10.5. The third kappa shape index (κ3) is 5.15. The van der Waals surface area contributed by atoms with E-state index in [-0.39, 0.29) is 0 Å². The first-order valence-corrected chi connectivity index (χ1v) is 5.60. The summed E-state index contributed by atoms with van der Waals surface area (Å²) in [5.74, 6) is 1.90. The van der Waals surface area contributed by atoms with Crippen LogP contribution < -0.4 is 0 Å². The largest absolute Gasteiger partial charge is 0.362 e. The maximum absolute atomic E-state index is 4.10. The first-order valence-electron chi connectivity index (χ1n) is 5.60. The second-order valence-electron chi connectivity index (χ2n) is 4.44. The molecule has 0 saturated heterocycles. The van der Waals surface area contributed by atoms with Crippen molar-refractivity contribution in [3.63, 3.8) is 0 Å². The van der Waals surface area contributed by atoms with Crippen LogP contribution >= 0.6 is 0 Å². The quantitative estimate of drug-likeness (QED) is 0.620. The molecule has 0 aromatic heterocycles. The molecule has 0 aliphatic carbocycles. The normalized spacial score (nSPS) is 10.4. The Kier molecular flexibility index (Phi) is 6.43. The molecule has 14 heavy (non-hydrogen) atoms. The highest BCUT2D eigenvalue weighted by atomic mass is 15.3. The van der Waals surface area contributed by atoms with Crippen molar-refractivity contribution in [3.05, 3.63) is 12.4 Å². The van der Waals surface area contributed by atoms with Crippen LogP contribution in [0.3, 0.4) is 0 Å². The lowest BCUT2D eigenvalue weighted by molar-refractivity contribution is 0.260. The molecule has 2 nitrogen and oxygen atoms in total. The Morgan fingerprint density at radius 2 is 1.64 bits per heavy atom. The van der Waals surface area contributed by atoms with Gasteiger partial charge in [0.2, 0.25) is 0 Å². The van der Waals surface area contributed by atoms with Crippen molar-refractivity contribution in [1.29, 1.82) is 0 Å². The summed E-state index contributed by atoms with van der Waals surface area (Å²) in [5, 5.41) is 0. The minimum atomic E-state index is 0.765. The van der Waals surface area contributed by atoms with Gasteiger partial charge in [-0.05, 0) is 18.8 Å². The van der Waals surface area contributed by atoms with E-state index in [1.54, 1.807) is 0 Å². The average Bonchev–Trinajstić information content (AvgIpc) is 2.13. The van der Waals surface area contributed by atoms with Gasteiger partial charge in [-0.3, -0.25) is 0 Å². The predicted octanol–water partition coefficient (Wildman–Crippen LogP) is 2.78. The topological polar surface area (TPSA) is 6.48 Å². The van der Waals surface area contributed by atoms with E-state index < -0.39 is 0 Å². The summed E-state index contributed by atoms with van der Waals surface area (Å²) in [7, 11) is 4.23. The maximum atomic E-state index is 4.10. The molecule has 0 fully saturated rings. The fraction of sp³-hybridized carbons (Fsp3) is 0.833. The van der Waals surface area contributed by atoms with Gasteiger partial charge in [-0.15, -0.1) is 0 Å². The third-order valence-electron chi connectivity index (χ3n) is 2.48. The fourth-order valence-electron chi connectivity index (χ4n) is 1.34. The monoisotopic (exact) mass is 198 g/mol. The van der Waals surface area contributed by atoms with Crippen molar-refractivity contribution < 1.29 is 0 Å². The first-order chi connectivity index (χ1) is 6.49. The highest BCUT2D eigenvalue weighted by molar-refractivity contribution is 4.90. The van der Waals surface area contributed by atoms with Crippen molar-refractivity contribution in [1.82, 2.24) is 9.80 Å². The van der Waals surface area contributed by atoms with E-state index in [9.17, 15) is 0 Å². The van der Waals surface area contributed by atoms with Gasteiger partial charge in [0.25, 0.3) is 0 Å². The summed E-state index contributed by atoms with van der Waals surface area (Å²) >= 11 is 0. The van der Waals surface area contributed by atoms with Gasteiger partial charge in [0.05, 0.1) is 5.82 Å². The molecule has 0 spiro atoms. The van der Waals surface area contributed by atoms with Gasteiger partial charge >= 0.3 is 0 Å². The van der Waals surface area contributed by atoms with Gasteiger partial charge in [0.1, 0.15) is 0 Å². The molecule has 0 saturated carbocycles. The van der Waals surface area contributed by atoms with Crippen LogP contribution in [0.15, 0.2) is 12.4 Å². The van der Waals surface area contributed by atoms with E-state index in [2.05, 4.69) is 51.2 Å². The van der Waals surface area contributed by atoms with Crippen LogP contribution in [0.5, 0.6) is 0 Å². The van der Waals surface area contributed by atoms with E-state index >= 15 is 0 Å². The zero-order chi connectivity index (χ0) is 11.1. The van der Waals surface area contributed by atoms with E-state index in [1.807, 2.05) is 0 Å². The number of hydrogen-bond donors (Lipinski definition) is 0. The average molecular weight is 198 g/mol. The molecule has 0 N–H and O–H groups in total. The highest BCUT2D eigenvalue weighted by Crippen LogP contribution is 2.08. The summed E-state index contributed by atoms with van der Waals surface area (Å²) < 4.78 is 0. The second kappa shape index (κ2) is 6.74. The first kappa shape index (κ1) is 13.3. The van der Waals surface area contributed by atoms with E-state index in [0.29, 0.717) is 0 Å². The standard InChI is InChI=1S/C12H26N2/c1-7-9-13(5)12(4)14(6)10-8-11(2)3/h11H,4,7-10H2,1-3,5-6H3. The Hall–Kier alpha value is -0.660. The van der Waals surface area contributed by atoms with Crippen molar-refractivity contribution in [2.45, 2.75) is 33.6 Å². The number of nitrogens with zero attached hydrogens (tertiary/aromatic N) is 2. The smallest absolute Gasteiger partial charge is 0.0959 e. The molecular formula is C12H26N2. The van der Waals surface area contributed by atoms with Crippen LogP contribution in [0.25, 0.3) is 0 Å². The van der Waals surface area contributed by atoms with Crippen LogP contribution in [-0.2, 0) is 0 Å². The van der Waals surface area contributed by atoms with Crippen molar-refractivity contribution in [3.8, 4) is 0 Å². The molecule has 0 unspecified atom stereocenters. The molecule has 0 aromatic carbocycles. The minimum absolute atomic E-state index is 0.765. The number of rotatable bonds is 7. The molecule has 0 bridgehead atoms. The summed E-state index contributed by atoms with van der Waals surface area (Å²) in [6.45, 7) is 13.0. The van der Waals surface area contributed by atoms with Crippen LogP contribution in [0.1, 0.15) is 33.6 Å². The molecule has 0 amide bonds. The summed E-state index contributed by atoms with van der Waals surface area (Å²) in [5.41, 5.74) is 0. The Morgan fingerprint density at radius 3 is 2.07 bits per heavy atom. The molecule has 2 heteroatoms. The fourth-order valence-corrected chi connectivity index (χ4v) is 1.34. The third-order valence-corrected chi connectivity index (χ3v) is 2.48. The molecule has 0 atom stereocenters. The van der Waals surface area contributed by atoms with Crippen LogP contribution in [0.2, 0.25) is 0 Å². The van der Waals surface area contributed by atoms with Gasteiger partial charge in [-0.25, -0.2) is 0 Å². The van der Waals surface area contributed by atoms with E-state index in [1.165, 1.54) is 12.8 Å². The second-order valence-corrected chi connectivity index (χ2v) is 4.44. The lowest BCUT2D eigenvalue weighted by atomic mass is 10.1. The Bertz CT molecular complexity index is 164. The van der Waals surface area contributed by atoms with Crippen LogP contribution in [0.4, 0.5) is 0 Å². The molecule has 0 aliphatic heterocycles. The Balaban J connectivity index is 3.86. The van der Waals surface area contributed by atoms with E-state index in [0.717, 1.165) is 24.8 Å². The lowest BCUT2D eigenvalue weighted by Gasteiger charge is -2.30. The van der Waals surface area contributed by atoms with Gasteiger partial charge in [0.15, 0.2) is 0 Å². The van der Waals surface area contributed by atoms with Gasteiger partial charge in [-0.2, -0.15) is 0 Å². The molecular weight excluding hydrogens is 172 g/mol. The molecule has 0 radical (unpaired) electrons. The summed E-state index contributed by atoms with van der Waals surface area (Å²) in [6, 6.07) is 0. The SMILES string of the molecule is C=C(N(C)CCC)N(C)CCC(C)C. The minimum Gasteiger partial charge on any atom is -0.362 e.